The summed E-state index contributed by atoms with van der Waals surface area (Å²) >= 11 is 0. The highest BCUT2D eigenvalue weighted by molar-refractivity contribution is 5.33. The molecule has 3 rings (SSSR count). The van der Waals surface area contributed by atoms with E-state index in [1.807, 2.05) is 0 Å². The summed E-state index contributed by atoms with van der Waals surface area (Å²) in [4.78, 5) is 0. The highest BCUT2D eigenvalue weighted by atomic mass is 16.5. The minimum atomic E-state index is 0.237. The van der Waals surface area contributed by atoms with Crippen LogP contribution in [-0.2, 0) is 10.2 Å². The Balaban J connectivity index is 1.67. The topological polar surface area (TPSA) is 21.3 Å². The second-order valence-electron chi connectivity index (χ2n) is 5.71. The average Bonchev–Trinajstić information content (AvgIpc) is 3.06. The van der Waals surface area contributed by atoms with E-state index in [2.05, 4.69) is 36.5 Å². The normalized spacial score (nSPS) is 22.2. The lowest BCUT2D eigenvalue weighted by Gasteiger charge is -2.43. The zero-order valence-electron chi connectivity index (χ0n) is 10.5. The van der Waals surface area contributed by atoms with Crippen molar-refractivity contribution in [2.24, 2.45) is 5.92 Å². The van der Waals surface area contributed by atoms with Crippen LogP contribution in [-0.4, -0.2) is 26.3 Å². The van der Waals surface area contributed by atoms with Gasteiger partial charge in [-0.15, -0.1) is 0 Å². The molecular weight excluding hydrogens is 210 g/mol. The first-order valence-corrected chi connectivity index (χ1v) is 6.64. The van der Waals surface area contributed by atoms with Crippen molar-refractivity contribution in [3.8, 4) is 0 Å². The van der Waals surface area contributed by atoms with Gasteiger partial charge < -0.3 is 10.1 Å². The smallest absolute Gasteiger partial charge is 0.0587 e. The number of ether oxygens (including phenoxy) is 1. The summed E-state index contributed by atoms with van der Waals surface area (Å²) < 4.78 is 5.92. The van der Waals surface area contributed by atoms with Crippen molar-refractivity contribution in [3.05, 3.63) is 35.4 Å². The Morgan fingerprint density at radius 2 is 2.18 bits per heavy atom. The summed E-state index contributed by atoms with van der Waals surface area (Å²) in [5, 5.41) is 3.39. The van der Waals surface area contributed by atoms with Crippen molar-refractivity contribution >= 4 is 0 Å². The zero-order valence-corrected chi connectivity index (χ0v) is 10.5. The molecule has 1 aliphatic carbocycles. The van der Waals surface area contributed by atoms with E-state index in [-0.39, 0.29) is 5.41 Å². The molecule has 1 aromatic rings. The molecule has 1 heterocycles. The quantitative estimate of drug-likeness (QED) is 0.839. The Kier molecular flexibility index (Phi) is 2.93. The van der Waals surface area contributed by atoms with Crippen molar-refractivity contribution in [2.45, 2.75) is 25.2 Å². The van der Waals surface area contributed by atoms with Crippen LogP contribution in [0.25, 0.3) is 0 Å². The lowest BCUT2D eigenvalue weighted by Crippen LogP contribution is -2.59. The highest BCUT2D eigenvalue weighted by Crippen LogP contribution is 2.32. The summed E-state index contributed by atoms with van der Waals surface area (Å²) in [5.41, 5.74) is 3.02. The number of benzene rings is 1. The first-order chi connectivity index (χ1) is 8.28. The molecule has 17 heavy (non-hydrogen) atoms. The van der Waals surface area contributed by atoms with E-state index >= 15 is 0 Å². The van der Waals surface area contributed by atoms with Crippen LogP contribution in [0.1, 0.15) is 24.0 Å². The largest absolute Gasteiger partial charge is 0.380 e. The van der Waals surface area contributed by atoms with Crippen LogP contribution in [0, 0.1) is 12.8 Å². The number of hydrogen-bond donors (Lipinski definition) is 1. The van der Waals surface area contributed by atoms with Gasteiger partial charge >= 0.3 is 0 Å². The molecule has 1 aromatic carbocycles. The number of hydrogen-bond acceptors (Lipinski definition) is 2. The van der Waals surface area contributed by atoms with Crippen molar-refractivity contribution in [1.82, 2.24) is 5.32 Å². The molecule has 0 radical (unpaired) electrons. The summed E-state index contributed by atoms with van der Waals surface area (Å²) in [6.45, 7) is 6.12. The second kappa shape index (κ2) is 4.43. The molecule has 2 aliphatic rings. The Morgan fingerprint density at radius 1 is 1.35 bits per heavy atom. The lowest BCUT2D eigenvalue weighted by atomic mass is 9.75. The van der Waals surface area contributed by atoms with Gasteiger partial charge in [0.05, 0.1) is 6.61 Å². The van der Waals surface area contributed by atoms with Crippen molar-refractivity contribution in [3.63, 3.8) is 0 Å². The van der Waals surface area contributed by atoms with E-state index in [1.54, 1.807) is 0 Å². The monoisotopic (exact) mass is 231 g/mol. The molecule has 1 N–H and O–H groups in total. The Labute approximate surface area is 103 Å². The van der Waals surface area contributed by atoms with Crippen molar-refractivity contribution in [2.75, 3.05) is 26.3 Å². The first-order valence-electron chi connectivity index (χ1n) is 6.64. The van der Waals surface area contributed by atoms with Gasteiger partial charge in [-0.25, -0.2) is 0 Å². The van der Waals surface area contributed by atoms with Gasteiger partial charge in [0.2, 0.25) is 0 Å². The van der Waals surface area contributed by atoms with Crippen molar-refractivity contribution in [1.29, 1.82) is 0 Å². The van der Waals surface area contributed by atoms with Gasteiger partial charge in [0.1, 0.15) is 0 Å². The molecule has 1 saturated heterocycles. The Hall–Kier alpha value is -0.860. The number of nitrogens with one attached hydrogen (secondary N) is 1. The van der Waals surface area contributed by atoms with Crippen LogP contribution in [0.4, 0.5) is 0 Å². The van der Waals surface area contributed by atoms with E-state index in [0.29, 0.717) is 0 Å². The second-order valence-corrected chi connectivity index (χ2v) is 5.71. The van der Waals surface area contributed by atoms with Gasteiger partial charge in [0.15, 0.2) is 0 Å². The lowest BCUT2D eigenvalue weighted by molar-refractivity contribution is 0.0514. The Bertz CT molecular complexity index is 394. The maximum atomic E-state index is 5.92. The number of aryl methyl sites for hydroxylation is 1. The Morgan fingerprint density at radius 3 is 2.76 bits per heavy atom. The van der Waals surface area contributed by atoms with Gasteiger partial charge in [-0.2, -0.15) is 0 Å². The van der Waals surface area contributed by atoms with Gasteiger partial charge in [-0.3, -0.25) is 0 Å². The highest BCUT2D eigenvalue weighted by Gasteiger charge is 2.39. The van der Waals surface area contributed by atoms with Crippen LogP contribution in [0.3, 0.4) is 0 Å². The number of rotatable bonds is 5. The van der Waals surface area contributed by atoms with Gasteiger partial charge in [-0.1, -0.05) is 29.8 Å². The molecule has 0 unspecified atom stereocenters. The van der Waals surface area contributed by atoms with Crippen LogP contribution < -0.4 is 5.32 Å². The molecule has 0 spiro atoms. The van der Waals surface area contributed by atoms with Crippen molar-refractivity contribution < 1.29 is 4.74 Å². The van der Waals surface area contributed by atoms with Gasteiger partial charge in [0.25, 0.3) is 0 Å². The maximum absolute atomic E-state index is 5.92. The SMILES string of the molecule is Cc1cccc(C2(COCC3CC3)CNC2)c1. The summed E-state index contributed by atoms with van der Waals surface area (Å²) in [5.74, 6) is 0.859. The summed E-state index contributed by atoms with van der Waals surface area (Å²) in [6.07, 6.45) is 2.74. The molecule has 2 nitrogen and oxygen atoms in total. The van der Waals surface area contributed by atoms with Crippen LogP contribution >= 0.6 is 0 Å². The fraction of sp³-hybridized carbons (Fsp3) is 0.600. The maximum Gasteiger partial charge on any atom is 0.0587 e. The molecule has 1 aliphatic heterocycles. The van der Waals surface area contributed by atoms with E-state index < -0.39 is 0 Å². The van der Waals surface area contributed by atoms with E-state index in [1.165, 1.54) is 24.0 Å². The van der Waals surface area contributed by atoms with Crippen LogP contribution in [0.15, 0.2) is 24.3 Å². The standard InChI is InChI=1S/C15H21NO/c1-12-3-2-4-14(7-12)15(9-16-10-15)11-17-8-13-5-6-13/h2-4,7,13,16H,5-6,8-11H2,1H3. The summed E-state index contributed by atoms with van der Waals surface area (Å²) in [6, 6.07) is 8.87. The van der Waals surface area contributed by atoms with Crippen LogP contribution in [0.2, 0.25) is 0 Å². The van der Waals surface area contributed by atoms with Gasteiger partial charge in [-0.05, 0) is 31.2 Å². The molecule has 2 fully saturated rings. The third kappa shape index (κ3) is 2.38. The minimum Gasteiger partial charge on any atom is -0.380 e. The minimum absolute atomic E-state index is 0.237. The molecule has 2 heteroatoms. The molecule has 92 valence electrons. The molecule has 0 aromatic heterocycles. The fourth-order valence-electron chi connectivity index (χ4n) is 2.50. The van der Waals surface area contributed by atoms with E-state index in [4.69, 9.17) is 4.74 Å². The fourth-order valence-corrected chi connectivity index (χ4v) is 2.50. The third-order valence-corrected chi connectivity index (χ3v) is 3.99. The van der Waals surface area contributed by atoms with E-state index in [9.17, 15) is 0 Å². The molecule has 0 atom stereocenters. The third-order valence-electron chi connectivity index (χ3n) is 3.99. The summed E-state index contributed by atoms with van der Waals surface area (Å²) in [7, 11) is 0. The molecule has 0 amide bonds. The first kappa shape index (κ1) is 11.2. The predicted octanol–water partition coefficient (Wildman–Crippen LogP) is 2.26. The van der Waals surface area contributed by atoms with E-state index in [0.717, 1.165) is 32.2 Å². The predicted molar refractivity (Wildman–Crippen MR) is 69.3 cm³/mol. The zero-order chi connectivity index (χ0) is 11.7. The molecular formula is C15H21NO. The van der Waals surface area contributed by atoms with Gasteiger partial charge in [0, 0.05) is 25.1 Å². The molecule has 0 bridgehead atoms. The average molecular weight is 231 g/mol. The van der Waals surface area contributed by atoms with Crippen LogP contribution in [0.5, 0.6) is 0 Å². The molecule has 1 saturated carbocycles.